The molecule has 0 saturated carbocycles. The molecular formula is C14H19FN2O3. The van der Waals surface area contributed by atoms with Crippen LogP contribution in [-0.4, -0.2) is 34.6 Å². The molecule has 0 saturated heterocycles. The molecule has 0 bridgehead atoms. The van der Waals surface area contributed by atoms with Crippen molar-refractivity contribution in [2.24, 2.45) is 0 Å². The van der Waals surface area contributed by atoms with E-state index < -0.39 is 17.8 Å². The summed E-state index contributed by atoms with van der Waals surface area (Å²) in [5, 5.41) is 11.3. The first kappa shape index (κ1) is 15.9. The van der Waals surface area contributed by atoms with Crippen molar-refractivity contribution in [2.45, 2.75) is 33.2 Å². The second-order valence-electron chi connectivity index (χ2n) is 4.88. The Kier molecular flexibility index (Phi) is 5.49. The predicted octanol–water partition coefficient (Wildman–Crippen LogP) is 2.85. The van der Waals surface area contributed by atoms with E-state index in [-0.39, 0.29) is 19.0 Å². The second kappa shape index (κ2) is 6.88. The number of rotatable bonds is 5. The van der Waals surface area contributed by atoms with E-state index in [0.29, 0.717) is 11.3 Å². The van der Waals surface area contributed by atoms with Gasteiger partial charge in [0.2, 0.25) is 0 Å². The number of halogens is 1. The quantitative estimate of drug-likeness (QED) is 0.872. The summed E-state index contributed by atoms with van der Waals surface area (Å²) in [5.41, 5.74) is 1.05. The van der Waals surface area contributed by atoms with Gasteiger partial charge in [0.25, 0.3) is 0 Å². The van der Waals surface area contributed by atoms with Crippen LogP contribution in [0.4, 0.5) is 14.9 Å². The molecule has 20 heavy (non-hydrogen) atoms. The molecule has 1 aromatic carbocycles. The van der Waals surface area contributed by atoms with Gasteiger partial charge >= 0.3 is 12.0 Å². The summed E-state index contributed by atoms with van der Waals surface area (Å²) < 4.78 is 13.2. The van der Waals surface area contributed by atoms with Gasteiger partial charge in [-0.25, -0.2) is 9.18 Å². The third-order valence-corrected chi connectivity index (χ3v) is 2.74. The van der Waals surface area contributed by atoms with Crippen LogP contribution in [0.2, 0.25) is 0 Å². The molecule has 0 spiro atoms. The molecule has 0 aliphatic rings. The first-order valence-electron chi connectivity index (χ1n) is 6.36. The van der Waals surface area contributed by atoms with Gasteiger partial charge in [0, 0.05) is 18.3 Å². The number of carbonyl (C=O) groups is 2. The Hall–Kier alpha value is -2.11. The minimum atomic E-state index is -0.968. The van der Waals surface area contributed by atoms with E-state index in [1.54, 1.807) is 26.8 Å². The molecule has 0 aliphatic heterocycles. The van der Waals surface area contributed by atoms with Gasteiger partial charge in [-0.05, 0) is 44.5 Å². The summed E-state index contributed by atoms with van der Waals surface area (Å²) in [7, 11) is 0. The number of amides is 2. The predicted molar refractivity (Wildman–Crippen MR) is 74.3 cm³/mol. The van der Waals surface area contributed by atoms with Gasteiger partial charge in [-0.15, -0.1) is 0 Å². The summed E-state index contributed by atoms with van der Waals surface area (Å²) in [5.74, 6) is -1.40. The second-order valence-corrected chi connectivity index (χ2v) is 4.88. The number of carboxylic acid groups (broad SMARTS) is 1. The highest BCUT2D eigenvalue weighted by Gasteiger charge is 2.18. The standard InChI is InChI=1S/C14H19FN2O3/c1-9(2)17(5-4-13(18)19)14(20)16-12-7-10(3)6-11(15)8-12/h6-9H,4-5H2,1-3H3,(H,16,20)(H,18,19). The lowest BCUT2D eigenvalue weighted by atomic mass is 10.2. The van der Waals surface area contributed by atoms with Crippen molar-refractivity contribution in [3.05, 3.63) is 29.6 Å². The maximum atomic E-state index is 13.2. The summed E-state index contributed by atoms with van der Waals surface area (Å²) in [4.78, 5) is 24.1. The van der Waals surface area contributed by atoms with Crippen LogP contribution in [-0.2, 0) is 4.79 Å². The molecule has 0 fully saturated rings. The monoisotopic (exact) mass is 282 g/mol. The first-order valence-corrected chi connectivity index (χ1v) is 6.36. The van der Waals surface area contributed by atoms with Crippen molar-refractivity contribution in [1.82, 2.24) is 4.90 Å². The third-order valence-electron chi connectivity index (χ3n) is 2.74. The van der Waals surface area contributed by atoms with Gasteiger partial charge < -0.3 is 15.3 Å². The summed E-state index contributed by atoms with van der Waals surface area (Å²) >= 11 is 0. The van der Waals surface area contributed by atoms with Gasteiger partial charge in [0.15, 0.2) is 0 Å². The van der Waals surface area contributed by atoms with E-state index in [1.165, 1.54) is 17.0 Å². The van der Waals surface area contributed by atoms with Crippen LogP contribution in [0.15, 0.2) is 18.2 Å². The van der Waals surface area contributed by atoms with E-state index in [2.05, 4.69) is 5.32 Å². The minimum Gasteiger partial charge on any atom is -0.481 e. The number of hydrogen-bond donors (Lipinski definition) is 2. The summed E-state index contributed by atoms with van der Waals surface area (Å²) in [6.07, 6.45) is -0.131. The topological polar surface area (TPSA) is 69.6 Å². The number of carbonyl (C=O) groups excluding carboxylic acids is 1. The Morgan fingerprint density at radius 2 is 2.00 bits per heavy atom. The number of nitrogens with one attached hydrogen (secondary N) is 1. The molecule has 1 rings (SSSR count). The van der Waals surface area contributed by atoms with E-state index in [4.69, 9.17) is 5.11 Å². The van der Waals surface area contributed by atoms with Crippen LogP contribution in [0.1, 0.15) is 25.8 Å². The number of anilines is 1. The number of aryl methyl sites for hydroxylation is 1. The van der Waals surface area contributed by atoms with E-state index in [9.17, 15) is 14.0 Å². The van der Waals surface area contributed by atoms with Crippen LogP contribution >= 0.6 is 0 Å². The van der Waals surface area contributed by atoms with Crippen molar-refractivity contribution in [1.29, 1.82) is 0 Å². The van der Waals surface area contributed by atoms with Crippen LogP contribution in [0, 0.1) is 12.7 Å². The molecule has 6 heteroatoms. The molecule has 1 aromatic rings. The molecule has 0 radical (unpaired) electrons. The highest BCUT2D eigenvalue weighted by molar-refractivity contribution is 5.89. The normalized spacial score (nSPS) is 10.4. The Labute approximate surface area is 117 Å². The van der Waals surface area contributed by atoms with Crippen LogP contribution in [0.5, 0.6) is 0 Å². The van der Waals surface area contributed by atoms with Gasteiger partial charge in [0.1, 0.15) is 5.82 Å². The lowest BCUT2D eigenvalue weighted by molar-refractivity contribution is -0.137. The maximum Gasteiger partial charge on any atom is 0.322 e. The maximum absolute atomic E-state index is 13.2. The molecule has 2 amide bonds. The summed E-state index contributed by atoms with van der Waals surface area (Å²) in [6, 6.07) is 3.65. The lowest BCUT2D eigenvalue weighted by Crippen LogP contribution is -2.41. The first-order chi connectivity index (χ1) is 9.29. The van der Waals surface area contributed by atoms with Crippen LogP contribution in [0.3, 0.4) is 0 Å². The van der Waals surface area contributed by atoms with Gasteiger partial charge in [0.05, 0.1) is 6.42 Å². The zero-order valence-corrected chi connectivity index (χ0v) is 11.8. The van der Waals surface area contributed by atoms with Gasteiger partial charge in [-0.1, -0.05) is 0 Å². The average Bonchev–Trinajstić information content (AvgIpc) is 2.26. The van der Waals surface area contributed by atoms with E-state index in [1.807, 2.05) is 0 Å². The van der Waals surface area contributed by atoms with Gasteiger partial charge in [-0.2, -0.15) is 0 Å². The molecule has 110 valence electrons. The van der Waals surface area contributed by atoms with Crippen molar-refractivity contribution < 1.29 is 19.1 Å². The largest absolute Gasteiger partial charge is 0.481 e. The number of urea groups is 1. The molecule has 0 atom stereocenters. The Bertz CT molecular complexity index is 483. The Morgan fingerprint density at radius 3 is 2.50 bits per heavy atom. The molecule has 0 aromatic heterocycles. The smallest absolute Gasteiger partial charge is 0.322 e. The molecule has 0 unspecified atom stereocenters. The molecule has 0 heterocycles. The fourth-order valence-electron chi connectivity index (χ4n) is 1.81. The zero-order chi connectivity index (χ0) is 15.3. The number of hydrogen-bond acceptors (Lipinski definition) is 2. The fourth-order valence-corrected chi connectivity index (χ4v) is 1.81. The lowest BCUT2D eigenvalue weighted by Gasteiger charge is -2.26. The van der Waals surface area contributed by atoms with Crippen LogP contribution < -0.4 is 5.32 Å². The number of nitrogens with zero attached hydrogens (tertiary/aromatic N) is 1. The highest BCUT2D eigenvalue weighted by atomic mass is 19.1. The van der Waals surface area contributed by atoms with Crippen molar-refractivity contribution in [2.75, 3.05) is 11.9 Å². The summed E-state index contributed by atoms with van der Waals surface area (Å²) in [6.45, 7) is 5.41. The molecular weight excluding hydrogens is 263 g/mol. The van der Waals surface area contributed by atoms with Crippen molar-refractivity contribution >= 4 is 17.7 Å². The van der Waals surface area contributed by atoms with E-state index in [0.717, 1.165) is 0 Å². The van der Waals surface area contributed by atoms with Gasteiger partial charge in [-0.3, -0.25) is 4.79 Å². The fraction of sp³-hybridized carbons (Fsp3) is 0.429. The van der Waals surface area contributed by atoms with Crippen LogP contribution in [0.25, 0.3) is 0 Å². The average molecular weight is 282 g/mol. The Balaban J connectivity index is 2.77. The Morgan fingerprint density at radius 1 is 1.35 bits per heavy atom. The van der Waals surface area contributed by atoms with Crippen molar-refractivity contribution in [3.63, 3.8) is 0 Å². The SMILES string of the molecule is Cc1cc(F)cc(NC(=O)N(CCC(=O)O)C(C)C)c1. The number of benzene rings is 1. The van der Waals surface area contributed by atoms with E-state index >= 15 is 0 Å². The van der Waals surface area contributed by atoms with Crippen molar-refractivity contribution in [3.8, 4) is 0 Å². The highest BCUT2D eigenvalue weighted by Crippen LogP contribution is 2.14. The molecule has 5 nitrogen and oxygen atoms in total. The molecule has 0 aliphatic carbocycles. The zero-order valence-electron chi connectivity index (χ0n) is 11.8. The number of aliphatic carboxylic acids is 1. The number of carboxylic acids is 1. The minimum absolute atomic E-state index is 0.104. The third kappa shape index (κ3) is 4.87. The molecule has 2 N–H and O–H groups in total.